The van der Waals surface area contributed by atoms with Gasteiger partial charge in [-0.15, -0.1) is 0 Å². The molecule has 0 aliphatic heterocycles. The number of nitrogens with zero attached hydrogens (tertiary/aromatic N) is 2. The van der Waals surface area contributed by atoms with Gasteiger partial charge in [0.2, 0.25) is 5.75 Å². The Balaban J connectivity index is 2.72. The highest BCUT2D eigenvalue weighted by molar-refractivity contribution is 5.90. The SMILES string of the molecule is CCOC(=O)c1nc(-c2ccccc2OC)n(C)c(=O)c1O. The molecule has 2 rings (SSSR count). The van der Waals surface area contributed by atoms with Crippen molar-refractivity contribution < 1.29 is 19.4 Å². The van der Waals surface area contributed by atoms with Gasteiger partial charge in [0.15, 0.2) is 5.69 Å². The fourth-order valence-corrected chi connectivity index (χ4v) is 2.00. The summed E-state index contributed by atoms with van der Waals surface area (Å²) in [5.74, 6) is -0.901. The zero-order chi connectivity index (χ0) is 16.3. The highest BCUT2D eigenvalue weighted by atomic mass is 16.5. The molecular weight excluding hydrogens is 288 g/mol. The number of esters is 1. The molecule has 0 spiro atoms. The van der Waals surface area contributed by atoms with Crippen molar-refractivity contribution in [3.63, 3.8) is 0 Å². The van der Waals surface area contributed by atoms with Crippen LogP contribution < -0.4 is 10.3 Å². The molecule has 7 nitrogen and oxygen atoms in total. The molecule has 0 unspecified atom stereocenters. The van der Waals surface area contributed by atoms with Crippen LogP contribution in [0.15, 0.2) is 29.1 Å². The number of methoxy groups -OCH3 is 1. The number of aromatic hydroxyl groups is 1. The summed E-state index contributed by atoms with van der Waals surface area (Å²) in [6, 6.07) is 6.93. The predicted molar refractivity (Wildman–Crippen MR) is 79.1 cm³/mol. The molecule has 7 heteroatoms. The first-order valence-corrected chi connectivity index (χ1v) is 6.61. The molecule has 2 aromatic rings. The van der Waals surface area contributed by atoms with Gasteiger partial charge in [0, 0.05) is 7.05 Å². The average molecular weight is 304 g/mol. The lowest BCUT2D eigenvalue weighted by Gasteiger charge is -2.13. The van der Waals surface area contributed by atoms with Gasteiger partial charge in [-0.3, -0.25) is 9.36 Å². The first-order valence-electron chi connectivity index (χ1n) is 6.61. The van der Waals surface area contributed by atoms with E-state index in [0.29, 0.717) is 11.3 Å². The van der Waals surface area contributed by atoms with E-state index in [9.17, 15) is 14.7 Å². The number of aromatic nitrogens is 2. The molecule has 0 radical (unpaired) electrons. The maximum absolute atomic E-state index is 12.1. The van der Waals surface area contributed by atoms with Crippen molar-refractivity contribution in [2.45, 2.75) is 6.92 Å². The van der Waals surface area contributed by atoms with Gasteiger partial charge in [0.1, 0.15) is 11.6 Å². The fourth-order valence-electron chi connectivity index (χ4n) is 2.00. The van der Waals surface area contributed by atoms with Crippen LogP contribution in [-0.4, -0.2) is 34.3 Å². The number of carbonyl (C=O) groups excluding carboxylic acids is 1. The van der Waals surface area contributed by atoms with Crippen molar-refractivity contribution in [1.82, 2.24) is 9.55 Å². The Morgan fingerprint density at radius 2 is 2.05 bits per heavy atom. The van der Waals surface area contributed by atoms with Gasteiger partial charge in [-0.1, -0.05) is 12.1 Å². The van der Waals surface area contributed by atoms with E-state index in [1.54, 1.807) is 31.2 Å². The van der Waals surface area contributed by atoms with E-state index in [1.165, 1.54) is 14.2 Å². The Morgan fingerprint density at radius 1 is 1.36 bits per heavy atom. The number of para-hydroxylation sites is 1. The van der Waals surface area contributed by atoms with Crippen LogP contribution in [0.5, 0.6) is 11.5 Å². The summed E-state index contributed by atoms with van der Waals surface area (Å²) >= 11 is 0. The Labute approximate surface area is 126 Å². The van der Waals surface area contributed by atoms with Crippen molar-refractivity contribution in [2.24, 2.45) is 7.05 Å². The minimum absolute atomic E-state index is 0.110. The third kappa shape index (κ3) is 2.65. The lowest BCUT2D eigenvalue weighted by atomic mass is 10.1. The van der Waals surface area contributed by atoms with Crippen LogP contribution in [0.4, 0.5) is 0 Å². The number of rotatable bonds is 4. The zero-order valence-corrected chi connectivity index (χ0v) is 12.5. The highest BCUT2D eigenvalue weighted by Gasteiger charge is 2.22. The van der Waals surface area contributed by atoms with Gasteiger partial charge >= 0.3 is 5.97 Å². The van der Waals surface area contributed by atoms with Crippen molar-refractivity contribution in [3.8, 4) is 22.9 Å². The lowest BCUT2D eigenvalue weighted by Crippen LogP contribution is -2.24. The third-order valence-electron chi connectivity index (χ3n) is 3.08. The summed E-state index contributed by atoms with van der Waals surface area (Å²) in [4.78, 5) is 28.0. The predicted octanol–water partition coefficient (Wildman–Crippen LogP) is 1.34. The Kier molecular flexibility index (Phi) is 4.45. The third-order valence-corrected chi connectivity index (χ3v) is 3.08. The summed E-state index contributed by atoms with van der Waals surface area (Å²) < 4.78 is 11.2. The van der Waals surface area contributed by atoms with E-state index in [0.717, 1.165) is 4.57 Å². The van der Waals surface area contributed by atoms with E-state index in [1.807, 2.05) is 0 Å². The summed E-state index contributed by atoms with van der Waals surface area (Å²) in [5.41, 5.74) is -0.625. The van der Waals surface area contributed by atoms with Crippen LogP contribution in [0.1, 0.15) is 17.4 Å². The number of carbonyl (C=O) groups is 1. The van der Waals surface area contributed by atoms with Gasteiger partial charge in [-0.2, -0.15) is 0 Å². The zero-order valence-electron chi connectivity index (χ0n) is 12.5. The Hall–Kier alpha value is -2.83. The molecule has 0 bridgehead atoms. The van der Waals surface area contributed by atoms with Crippen LogP contribution >= 0.6 is 0 Å². The second-order valence-corrected chi connectivity index (χ2v) is 4.42. The molecule has 1 aromatic heterocycles. The van der Waals surface area contributed by atoms with Crippen LogP contribution in [0, 0.1) is 0 Å². The number of hydrogen-bond donors (Lipinski definition) is 1. The van der Waals surface area contributed by atoms with Crippen LogP contribution in [0.3, 0.4) is 0 Å². The molecule has 22 heavy (non-hydrogen) atoms. The number of hydrogen-bond acceptors (Lipinski definition) is 6. The summed E-state index contributed by atoms with van der Waals surface area (Å²) in [6.45, 7) is 1.73. The molecular formula is C15H16N2O5. The lowest BCUT2D eigenvalue weighted by molar-refractivity contribution is 0.0515. The monoisotopic (exact) mass is 304 g/mol. The molecule has 116 valence electrons. The maximum atomic E-state index is 12.1. The topological polar surface area (TPSA) is 90.7 Å². The van der Waals surface area contributed by atoms with Gasteiger partial charge in [0.25, 0.3) is 5.56 Å². The smallest absolute Gasteiger partial charge is 0.361 e. The second kappa shape index (κ2) is 6.30. The van der Waals surface area contributed by atoms with Crippen molar-refractivity contribution in [2.75, 3.05) is 13.7 Å². The van der Waals surface area contributed by atoms with E-state index >= 15 is 0 Å². The molecule has 0 amide bonds. The maximum Gasteiger partial charge on any atom is 0.361 e. The van der Waals surface area contributed by atoms with E-state index < -0.39 is 23.0 Å². The number of ether oxygens (including phenoxy) is 2. The van der Waals surface area contributed by atoms with Crippen molar-refractivity contribution in [3.05, 3.63) is 40.3 Å². The van der Waals surface area contributed by atoms with Crippen LogP contribution in [0.25, 0.3) is 11.4 Å². The summed E-state index contributed by atoms with van der Waals surface area (Å²) in [6.07, 6.45) is 0. The highest BCUT2D eigenvalue weighted by Crippen LogP contribution is 2.28. The molecule has 1 heterocycles. The van der Waals surface area contributed by atoms with Gasteiger partial charge in [0.05, 0.1) is 19.3 Å². The molecule has 0 saturated carbocycles. The van der Waals surface area contributed by atoms with Gasteiger partial charge < -0.3 is 14.6 Å². The van der Waals surface area contributed by atoms with Crippen molar-refractivity contribution in [1.29, 1.82) is 0 Å². The number of benzene rings is 1. The van der Waals surface area contributed by atoms with Gasteiger partial charge in [-0.05, 0) is 19.1 Å². The standard InChI is InChI=1S/C15H16N2O5/c1-4-22-15(20)11-12(18)14(19)17(2)13(16-11)9-7-5-6-8-10(9)21-3/h5-8,18H,4H2,1-3H3. The Morgan fingerprint density at radius 3 is 2.68 bits per heavy atom. The van der Waals surface area contributed by atoms with Crippen LogP contribution in [-0.2, 0) is 11.8 Å². The molecule has 0 fully saturated rings. The molecule has 0 aliphatic rings. The quantitative estimate of drug-likeness (QED) is 0.857. The van der Waals surface area contributed by atoms with E-state index in [-0.39, 0.29) is 12.4 Å². The minimum Gasteiger partial charge on any atom is -0.501 e. The molecule has 1 N–H and O–H groups in total. The summed E-state index contributed by atoms with van der Waals surface area (Å²) in [7, 11) is 2.94. The second-order valence-electron chi connectivity index (χ2n) is 4.42. The first kappa shape index (κ1) is 15.6. The Bertz CT molecular complexity index is 767. The van der Waals surface area contributed by atoms with Gasteiger partial charge in [-0.25, -0.2) is 9.78 Å². The molecule has 1 aromatic carbocycles. The first-order chi connectivity index (χ1) is 10.5. The van der Waals surface area contributed by atoms with Crippen molar-refractivity contribution >= 4 is 5.97 Å². The molecule has 0 saturated heterocycles. The summed E-state index contributed by atoms with van der Waals surface area (Å²) in [5, 5.41) is 9.85. The molecule has 0 aliphatic carbocycles. The van der Waals surface area contributed by atoms with E-state index in [2.05, 4.69) is 4.98 Å². The average Bonchev–Trinajstić information content (AvgIpc) is 2.53. The normalized spacial score (nSPS) is 10.3. The van der Waals surface area contributed by atoms with Crippen LogP contribution in [0.2, 0.25) is 0 Å². The molecule has 0 atom stereocenters. The largest absolute Gasteiger partial charge is 0.501 e. The fraction of sp³-hybridized carbons (Fsp3) is 0.267. The van der Waals surface area contributed by atoms with E-state index in [4.69, 9.17) is 9.47 Å². The minimum atomic E-state index is -0.853.